The van der Waals surface area contributed by atoms with Crippen LogP contribution in [0.15, 0.2) is 46.2 Å². The van der Waals surface area contributed by atoms with Gasteiger partial charge in [-0.25, -0.2) is 0 Å². The highest BCUT2D eigenvalue weighted by molar-refractivity contribution is 8.19. The molecule has 0 aromatic heterocycles. The van der Waals surface area contributed by atoms with Gasteiger partial charge in [0.05, 0.1) is 55.9 Å². The summed E-state index contributed by atoms with van der Waals surface area (Å²) in [5.74, 6) is -3.28. The molecular weight excluding hydrogens is 856 g/mol. The topological polar surface area (TPSA) is 147 Å². The number of carbonyl (C=O) groups is 1. The molecule has 16 heteroatoms. The average Bonchev–Trinajstić information content (AvgIpc) is 3.56. The summed E-state index contributed by atoms with van der Waals surface area (Å²) < 4.78 is 75.1. The molecular formula is C46H75O13PS2. The molecule has 13 nitrogen and oxygen atoms in total. The van der Waals surface area contributed by atoms with E-state index < -0.39 is 43.2 Å². The maximum atomic E-state index is 13.0. The lowest BCUT2D eigenvalue weighted by molar-refractivity contribution is -0.333. The fourth-order valence-electron chi connectivity index (χ4n) is 9.02. The number of rotatable bonds is 21. The lowest BCUT2D eigenvalue weighted by atomic mass is 9.91. The van der Waals surface area contributed by atoms with Gasteiger partial charge in [-0.05, 0) is 73.4 Å². The minimum atomic E-state index is -3.59. The van der Waals surface area contributed by atoms with Gasteiger partial charge in [0.25, 0.3) is 0 Å². The van der Waals surface area contributed by atoms with Gasteiger partial charge in [-0.15, -0.1) is 0 Å². The van der Waals surface area contributed by atoms with Crippen LogP contribution in [0.3, 0.4) is 0 Å². The van der Waals surface area contributed by atoms with Crippen molar-refractivity contribution in [2.45, 2.75) is 202 Å². The summed E-state index contributed by atoms with van der Waals surface area (Å²) in [6, 6.07) is 8.35. The first-order valence-electron chi connectivity index (χ1n) is 22.6. The fourth-order valence-corrected chi connectivity index (χ4v) is 13.0. The quantitative estimate of drug-likeness (QED) is 0.0708. The van der Waals surface area contributed by atoms with Gasteiger partial charge < -0.3 is 52.0 Å². The van der Waals surface area contributed by atoms with Crippen molar-refractivity contribution in [1.82, 2.24) is 0 Å². The van der Waals surface area contributed by atoms with Crippen molar-refractivity contribution >= 4 is 37.1 Å². The van der Waals surface area contributed by atoms with Gasteiger partial charge in [0.1, 0.15) is 12.3 Å². The third-order valence-corrected chi connectivity index (χ3v) is 15.8. The molecule has 10 atom stereocenters. The van der Waals surface area contributed by atoms with Gasteiger partial charge in [0.2, 0.25) is 0 Å². The lowest BCUT2D eigenvalue weighted by Crippen LogP contribution is -2.51. The van der Waals surface area contributed by atoms with Gasteiger partial charge in [-0.1, -0.05) is 75.5 Å². The van der Waals surface area contributed by atoms with Gasteiger partial charge in [-0.3, -0.25) is 9.36 Å². The molecule has 4 aliphatic heterocycles. The Labute approximate surface area is 379 Å². The van der Waals surface area contributed by atoms with E-state index in [1.165, 1.54) is 9.79 Å². The zero-order valence-electron chi connectivity index (χ0n) is 39.1. The Hall–Kier alpha value is -1.04. The Morgan fingerprint density at radius 3 is 1.77 bits per heavy atom. The van der Waals surface area contributed by atoms with E-state index in [2.05, 4.69) is 12.1 Å². The number of ether oxygens (including phenoxy) is 8. The predicted octanol–water partition coefficient (Wildman–Crippen LogP) is 10.1. The van der Waals surface area contributed by atoms with Crippen LogP contribution in [0.4, 0.5) is 0 Å². The van der Waals surface area contributed by atoms with E-state index in [9.17, 15) is 14.5 Å². The van der Waals surface area contributed by atoms with Crippen molar-refractivity contribution in [1.29, 1.82) is 0 Å². The molecule has 62 heavy (non-hydrogen) atoms. The fraction of sp³-hybridized carbons (Fsp3) is 0.804. The van der Waals surface area contributed by atoms with E-state index in [-0.39, 0.29) is 85.1 Å². The standard InChI is InChI=1S/C46H75O13PS2/c1-13-50-60(49,51-14-2)28-41(48)53-42(29(3)4)30(5)19-20-32-21-33(55-44(7,8)54-32)22-34-23-35(57-45(9,10)56-34)24-36-25-37(59-46(11,12)58-36)26-38(31(6)27-47)52-43-61-39-17-15-16-18-40(39)62-43/h15-20,29-38,42-43,47H,13-14,21-28H2,1-12H3/b20-19+/t30-,31-,32-,33-,34+,35-,36+,37+,38+,42-/m1/s1. The summed E-state index contributed by atoms with van der Waals surface area (Å²) in [6.45, 7) is 23.5. The van der Waals surface area contributed by atoms with Crippen LogP contribution < -0.4 is 0 Å². The monoisotopic (exact) mass is 930 g/mol. The Morgan fingerprint density at radius 2 is 1.27 bits per heavy atom. The van der Waals surface area contributed by atoms with E-state index in [1.807, 2.05) is 93.5 Å². The van der Waals surface area contributed by atoms with Crippen LogP contribution in [0, 0.1) is 17.8 Å². The van der Waals surface area contributed by atoms with Crippen LogP contribution in [-0.4, -0.2) is 108 Å². The van der Waals surface area contributed by atoms with E-state index in [4.69, 9.17) is 46.9 Å². The molecule has 0 amide bonds. The molecule has 0 radical (unpaired) electrons. The van der Waals surface area contributed by atoms with Crippen molar-refractivity contribution in [2.75, 3.05) is 26.0 Å². The highest BCUT2D eigenvalue weighted by atomic mass is 32.2. The molecule has 3 saturated heterocycles. The highest BCUT2D eigenvalue weighted by Gasteiger charge is 2.44. The molecule has 0 bridgehead atoms. The number of hydrogen-bond acceptors (Lipinski definition) is 15. The summed E-state index contributed by atoms with van der Waals surface area (Å²) in [6.07, 6.45) is 6.06. The molecule has 0 saturated carbocycles. The van der Waals surface area contributed by atoms with E-state index >= 15 is 0 Å². The third-order valence-electron chi connectivity index (χ3n) is 11.3. The van der Waals surface area contributed by atoms with Crippen molar-refractivity contribution in [2.24, 2.45) is 17.8 Å². The normalized spacial score (nSPS) is 29.6. The predicted molar refractivity (Wildman–Crippen MR) is 241 cm³/mol. The summed E-state index contributed by atoms with van der Waals surface area (Å²) in [5.41, 5.74) is 0. The highest BCUT2D eigenvalue weighted by Crippen LogP contribution is 2.50. The molecule has 0 unspecified atom stereocenters. The van der Waals surface area contributed by atoms with Gasteiger partial charge >= 0.3 is 13.6 Å². The Balaban J connectivity index is 1.18. The molecule has 5 rings (SSSR count). The number of aliphatic hydroxyl groups is 1. The second-order valence-corrected chi connectivity index (χ2v) is 23.4. The molecule has 4 aliphatic rings. The van der Waals surface area contributed by atoms with Gasteiger partial charge in [-0.2, -0.15) is 0 Å². The third kappa shape index (κ3) is 15.8. The first-order valence-corrected chi connectivity index (χ1v) is 26.1. The molecule has 1 N–H and O–H groups in total. The largest absolute Gasteiger partial charge is 0.461 e. The molecule has 3 fully saturated rings. The molecule has 1 aromatic rings. The molecule has 0 spiro atoms. The maximum absolute atomic E-state index is 13.0. The lowest BCUT2D eigenvalue weighted by Gasteiger charge is -2.47. The van der Waals surface area contributed by atoms with Crippen molar-refractivity contribution in [3.8, 4) is 0 Å². The zero-order chi connectivity index (χ0) is 45.5. The molecule has 4 heterocycles. The van der Waals surface area contributed by atoms with Gasteiger partial charge in [0, 0.05) is 66.8 Å². The van der Waals surface area contributed by atoms with E-state index in [0.717, 1.165) is 0 Å². The molecule has 1 aromatic carbocycles. The average molecular weight is 931 g/mol. The maximum Gasteiger partial charge on any atom is 0.341 e. The smallest absolute Gasteiger partial charge is 0.341 e. The first-order chi connectivity index (χ1) is 29.1. The van der Waals surface area contributed by atoms with Crippen LogP contribution in [-0.2, 0) is 56.3 Å². The van der Waals surface area contributed by atoms with Crippen LogP contribution in [0.5, 0.6) is 0 Å². The Morgan fingerprint density at radius 1 is 0.790 bits per heavy atom. The van der Waals surface area contributed by atoms with Crippen molar-refractivity contribution in [3.63, 3.8) is 0 Å². The summed E-state index contributed by atoms with van der Waals surface area (Å²) in [5, 5.41) is 10.2. The molecule has 354 valence electrons. The van der Waals surface area contributed by atoms with E-state index in [0.29, 0.717) is 38.5 Å². The van der Waals surface area contributed by atoms with Crippen LogP contribution in [0.25, 0.3) is 0 Å². The second-order valence-electron chi connectivity index (χ2n) is 18.8. The zero-order valence-corrected chi connectivity index (χ0v) is 41.6. The first kappa shape index (κ1) is 51.9. The molecule has 0 aliphatic carbocycles. The van der Waals surface area contributed by atoms with Crippen LogP contribution >= 0.6 is 31.1 Å². The number of esters is 1. The summed E-state index contributed by atoms with van der Waals surface area (Å²) in [4.78, 5) is 15.4. The number of hydrogen-bond donors (Lipinski definition) is 1. The van der Waals surface area contributed by atoms with Crippen molar-refractivity contribution < 1.29 is 61.4 Å². The Bertz CT molecular complexity index is 1620. The number of carbonyl (C=O) groups excluding carboxylic acids is 1. The number of aliphatic hydroxyl groups excluding tert-OH is 1. The van der Waals surface area contributed by atoms with E-state index in [1.54, 1.807) is 37.4 Å². The minimum Gasteiger partial charge on any atom is -0.461 e. The summed E-state index contributed by atoms with van der Waals surface area (Å²) >= 11 is 3.44. The number of thioether (sulfide) groups is 2. The number of fused-ring (bicyclic) bond motifs is 1. The summed E-state index contributed by atoms with van der Waals surface area (Å²) in [7, 11) is -3.59. The number of benzene rings is 1. The van der Waals surface area contributed by atoms with Crippen molar-refractivity contribution in [3.05, 3.63) is 36.4 Å². The second kappa shape index (κ2) is 22.6. The van der Waals surface area contributed by atoms with Crippen LogP contribution in [0.2, 0.25) is 0 Å². The minimum absolute atomic E-state index is 0.00214. The van der Waals surface area contributed by atoms with Crippen LogP contribution in [0.1, 0.15) is 122 Å². The van der Waals surface area contributed by atoms with Gasteiger partial charge in [0.15, 0.2) is 22.1 Å². The SMILES string of the molecule is CCOP(=O)(CC(=O)O[C@H](C(C)C)[C@H](C)/C=C/[C@@H]1C[C@H](C[C@H]2C[C@H](C[C@H]3C[C@@H](C[C@H](OC4Sc5ccccc5S4)[C@H](C)CO)OC(C)(C)O3)OC(C)(C)O2)OC(C)(C)O1)OCC. The Kier molecular flexibility index (Phi) is 19.0.